The van der Waals surface area contributed by atoms with Crippen LogP contribution in [0.2, 0.25) is 0 Å². The minimum atomic E-state index is -0.0418. The van der Waals surface area contributed by atoms with Crippen LogP contribution in [0.25, 0.3) is 15.7 Å². The Labute approximate surface area is 165 Å². The summed E-state index contributed by atoms with van der Waals surface area (Å²) in [6.45, 7) is 6.12. The number of hydrogen-bond acceptors (Lipinski definition) is 5. The molecule has 0 unspecified atom stereocenters. The van der Waals surface area contributed by atoms with E-state index in [1.54, 1.807) is 11.3 Å². The molecule has 0 aliphatic rings. The molecule has 138 valence electrons. The second kappa shape index (κ2) is 7.32. The average molecular weight is 397 g/mol. The number of thiophene rings is 1. The Bertz CT molecular complexity index is 1150. The van der Waals surface area contributed by atoms with Crippen LogP contribution in [0.1, 0.15) is 23.9 Å². The van der Waals surface area contributed by atoms with Gasteiger partial charge in [-0.1, -0.05) is 36.4 Å². The number of nitrogens with zero attached hydrogens (tertiary/aromatic N) is 3. The number of anilines is 1. The van der Waals surface area contributed by atoms with E-state index < -0.39 is 0 Å². The van der Waals surface area contributed by atoms with Crippen LogP contribution in [0.4, 0.5) is 5.69 Å². The normalized spacial score (nSPS) is 11.4. The molecule has 4 aromatic rings. The van der Waals surface area contributed by atoms with E-state index in [-0.39, 0.29) is 5.91 Å². The Kier molecular flexibility index (Phi) is 4.88. The van der Waals surface area contributed by atoms with Crippen molar-refractivity contribution in [2.45, 2.75) is 32.2 Å². The fraction of sp³-hybridized carbons (Fsp3) is 0.250. The molecule has 4 rings (SSSR count). The van der Waals surface area contributed by atoms with Gasteiger partial charge in [0.15, 0.2) is 0 Å². The summed E-state index contributed by atoms with van der Waals surface area (Å²) >= 11 is 3.13. The minimum Gasteiger partial charge on any atom is -0.325 e. The van der Waals surface area contributed by atoms with Crippen molar-refractivity contribution in [3.63, 3.8) is 0 Å². The van der Waals surface area contributed by atoms with Crippen molar-refractivity contribution >= 4 is 50.4 Å². The van der Waals surface area contributed by atoms with E-state index in [1.165, 1.54) is 22.0 Å². The Morgan fingerprint density at radius 1 is 1.19 bits per heavy atom. The van der Waals surface area contributed by atoms with E-state index in [0.29, 0.717) is 5.75 Å². The van der Waals surface area contributed by atoms with Crippen LogP contribution in [-0.4, -0.2) is 26.3 Å². The molecule has 1 aromatic carbocycles. The Morgan fingerprint density at radius 3 is 2.81 bits per heavy atom. The molecular weight excluding hydrogens is 376 g/mol. The topological polar surface area (TPSA) is 59.3 Å². The quantitative estimate of drug-likeness (QED) is 0.490. The number of aryl methyl sites for hydroxylation is 3. The highest BCUT2D eigenvalue weighted by Gasteiger charge is 2.15. The molecule has 3 heterocycles. The van der Waals surface area contributed by atoms with Gasteiger partial charge in [0.25, 0.3) is 0 Å². The van der Waals surface area contributed by atoms with E-state index in [1.807, 2.05) is 26.0 Å². The van der Waals surface area contributed by atoms with E-state index in [0.717, 1.165) is 39.6 Å². The molecule has 1 amide bonds. The largest absolute Gasteiger partial charge is 0.325 e. The number of hydrogen-bond donors (Lipinski definition) is 1. The number of thioether (sulfide) groups is 1. The van der Waals surface area contributed by atoms with Gasteiger partial charge in [-0.2, -0.15) is 0 Å². The summed E-state index contributed by atoms with van der Waals surface area (Å²) in [5, 5.41) is 14.6. The predicted octanol–water partition coefficient (Wildman–Crippen LogP) is 4.85. The van der Waals surface area contributed by atoms with Crippen LogP contribution in [0.15, 0.2) is 40.7 Å². The van der Waals surface area contributed by atoms with Crippen molar-refractivity contribution in [3.8, 4) is 0 Å². The molecule has 0 aliphatic carbocycles. The van der Waals surface area contributed by atoms with Crippen LogP contribution in [0.3, 0.4) is 0 Å². The first-order chi connectivity index (χ1) is 13.1. The molecular formula is C20H20N4OS2. The zero-order valence-corrected chi connectivity index (χ0v) is 17.1. The molecule has 7 heteroatoms. The lowest BCUT2D eigenvalue weighted by Crippen LogP contribution is -2.15. The lowest BCUT2D eigenvalue weighted by Gasteiger charge is -2.10. The van der Waals surface area contributed by atoms with Crippen molar-refractivity contribution in [1.82, 2.24) is 14.6 Å². The maximum absolute atomic E-state index is 12.4. The molecule has 0 atom stereocenters. The van der Waals surface area contributed by atoms with E-state index in [4.69, 9.17) is 0 Å². The molecule has 0 saturated heterocycles. The van der Waals surface area contributed by atoms with Gasteiger partial charge in [-0.3, -0.25) is 9.20 Å². The third-order valence-corrected chi connectivity index (χ3v) is 6.29. The van der Waals surface area contributed by atoms with Crippen LogP contribution < -0.4 is 5.32 Å². The summed E-state index contributed by atoms with van der Waals surface area (Å²) in [6, 6.07) is 10.3. The fourth-order valence-corrected chi connectivity index (χ4v) is 4.71. The van der Waals surface area contributed by atoms with Crippen molar-refractivity contribution in [2.75, 3.05) is 11.1 Å². The van der Waals surface area contributed by atoms with E-state index in [2.05, 4.69) is 50.4 Å². The third-order valence-electron chi connectivity index (χ3n) is 4.47. The van der Waals surface area contributed by atoms with Crippen LogP contribution in [0.5, 0.6) is 0 Å². The number of fused-ring (bicyclic) bond motifs is 3. The molecule has 0 bridgehead atoms. The summed E-state index contributed by atoms with van der Waals surface area (Å²) in [5.41, 5.74) is 5.28. The highest BCUT2D eigenvalue weighted by atomic mass is 32.2. The standard InChI is InChI=1S/C20H20N4OS2/c1-4-18-22-23-20(16-10-17-15(24(16)18)7-8-26-17)27-11-19(25)21-14-6-5-12(2)9-13(14)3/h5-10H,4,11H2,1-3H3,(H,21,25). The van der Waals surface area contributed by atoms with Gasteiger partial charge in [0.05, 0.1) is 21.5 Å². The second-order valence-corrected chi connectivity index (χ2v) is 8.38. The summed E-state index contributed by atoms with van der Waals surface area (Å²) in [7, 11) is 0. The van der Waals surface area contributed by atoms with Crippen molar-refractivity contribution in [2.24, 2.45) is 0 Å². The molecule has 0 aliphatic heterocycles. The number of aromatic nitrogens is 3. The summed E-state index contributed by atoms with van der Waals surface area (Å²) in [4.78, 5) is 12.4. The smallest absolute Gasteiger partial charge is 0.234 e. The zero-order valence-electron chi connectivity index (χ0n) is 15.4. The van der Waals surface area contributed by atoms with Crippen LogP contribution in [0, 0.1) is 13.8 Å². The van der Waals surface area contributed by atoms with Crippen molar-refractivity contribution < 1.29 is 4.79 Å². The molecule has 0 fully saturated rings. The van der Waals surface area contributed by atoms with Gasteiger partial charge in [0.1, 0.15) is 10.9 Å². The van der Waals surface area contributed by atoms with Crippen LogP contribution in [-0.2, 0) is 11.2 Å². The van der Waals surface area contributed by atoms with Gasteiger partial charge in [-0.15, -0.1) is 21.5 Å². The molecule has 27 heavy (non-hydrogen) atoms. The minimum absolute atomic E-state index is 0.0418. The monoisotopic (exact) mass is 396 g/mol. The van der Waals surface area contributed by atoms with E-state index in [9.17, 15) is 4.79 Å². The first kappa shape index (κ1) is 18.0. The first-order valence-corrected chi connectivity index (χ1v) is 10.7. The van der Waals surface area contributed by atoms with E-state index >= 15 is 0 Å². The lowest BCUT2D eigenvalue weighted by molar-refractivity contribution is -0.113. The summed E-state index contributed by atoms with van der Waals surface area (Å²) in [6.07, 6.45) is 0.807. The van der Waals surface area contributed by atoms with Gasteiger partial charge < -0.3 is 5.32 Å². The van der Waals surface area contributed by atoms with Gasteiger partial charge in [-0.25, -0.2) is 0 Å². The molecule has 0 spiro atoms. The van der Waals surface area contributed by atoms with Gasteiger partial charge >= 0.3 is 0 Å². The van der Waals surface area contributed by atoms with Gasteiger partial charge in [-0.05, 0) is 43.0 Å². The third kappa shape index (κ3) is 3.44. The second-order valence-electron chi connectivity index (χ2n) is 6.47. The van der Waals surface area contributed by atoms with Crippen LogP contribution >= 0.6 is 23.1 Å². The first-order valence-electron chi connectivity index (χ1n) is 8.81. The lowest BCUT2D eigenvalue weighted by atomic mass is 10.1. The summed E-state index contributed by atoms with van der Waals surface area (Å²) in [5.74, 6) is 1.18. The highest BCUT2D eigenvalue weighted by Crippen LogP contribution is 2.31. The zero-order chi connectivity index (χ0) is 19.0. The molecule has 3 aromatic heterocycles. The average Bonchev–Trinajstić information content (AvgIpc) is 3.23. The maximum atomic E-state index is 12.4. The Morgan fingerprint density at radius 2 is 2.04 bits per heavy atom. The number of carbonyl (C=O) groups excluding carboxylic acids is 1. The summed E-state index contributed by atoms with van der Waals surface area (Å²) < 4.78 is 3.37. The highest BCUT2D eigenvalue weighted by molar-refractivity contribution is 8.00. The van der Waals surface area contributed by atoms with Crippen molar-refractivity contribution in [3.05, 3.63) is 52.7 Å². The molecule has 0 radical (unpaired) electrons. The Hall–Kier alpha value is -2.38. The maximum Gasteiger partial charge on any atom is 0.234 e. The fourth-order valence-electron chi connectivity index (χ4n) is 3.17. The number of carbonyl (C=O) groups is 1. The van der Waals surface area contributed by atoms with Crippen molar-refractivity contribution in [1.29, 1.82) is 0 Å². The molecule has 5 nitrogen and oxygen atoms in total. The SMILES string of the molecule is CCc1nnc(SCC(=O)Nc2ccc(C)cc2C)c2cc3sccc3n12. The molecule has 0 saturated carbocycles. The number of nitrogens with one attached hydrogen (secondary N) is 1. The molecule has 1 N–H and O–H groups in total. The number of benzene rings is 1. The number of rotatable bonds is 5. The number of amides is 1. The van der Waals surface area contributed by atoms with Gasteiger partial charge in [0.2, 0.25) is 5.91 Å². The Balaban J connectivity index is 1.56. The van der Waals surface area contributed by atoms with Gasteiger partial charge in [0, 0.05) is 12.1 Å². The predicted molar refractivity (Wildman–Crippen MR) is 113 cm³/mol.